The molecule has 9 nitrogen and oxygen atoms in total. The Morgan fingerprint density at radius 3 is 2.25 bits per heavy atom. The highest BCUT2D eigenvalue weighted by molar-refractivity contribution is 5.94. The average molecular weight is 719 g/mol. The molecule has 8 heterocycles. The van der Waals surface area contributed by atoms with Crippen LogP contribution in [0.15, 0.2) is 48.2 Å². The first-order valence-corrected chi connectivity index (χ1v) is 19.7. The highest BCUT2D eigenvalue weighted by atomic mass is 16.7. The summed E-state index contributed by atoms with van der Waals surface area (Å²) in [5.74, 6) is 1.87. The van der Waals surface area contributed by atoms with Crippen molar-refractivity contribution in [3.05, 3.63) is 76.3 Å². The van der Waals surface area contributed by atoms with Crippen LogP contribution in [-0.2, 0) is 52.4 Å². The molecule has 9 heteroatoms. The van der Waals surface area contributed by atoms with E-state index in [9.17, 15) is 4.79 Å². The van der Waals surface area contributed by atoms with Gasteiger partial charge in [0.05, 0.1) is 44.2 Å². The zero-order valence-electron chi connectivity index (χ0n) is 32.5. The number of nitrogens with zero attached hydrogens (tertiary/aromatic N) is 4. The molecule has 53 heavy (non-hydrogen) atoms. The second-order valence-corrected chi connectivity index (χ2v) is 17.3. The number of hydrogen-bond donors (Lipinski definition) is 0. The molecule has 10 rings (SSSR count). The Labute approximate surface area is 312 Å². The van der Waals surface area contributed by atoms with Gasteiger partial charge in [-0.3, -0.25) is 14.6 Å². The van der Waals surface area contributed by atoms with Gasteiger partial charge in [0.25, 0.3) is 0 Å². The second kappa shape index (κ2) is 11.9. The normalized spacial score (nSPS) is 34.9. The first-order valence-electron chi connectivity index (χ1n) is 19.7. The lowest BCUT2D eigenvalue weighted by Gasteiger charge is -2.58. The third kappa shape index (κ3) is 4.60. The molecule has 6 aliphatic heterocycles. The van der Waals surface area contributed by atoms with Crippen molar-refractivity contribution in [3.8, 4) is 5.75 Å². The number of hydrogen-bond acceptors (Lipinski definition) is 7. The Kier molecular flexibility index (Phi) is 7.63. The molecule has 4 aromatic rings. The number of ketones is 1. The number of benzene rings is 2. The summed E-state index contributed by atoms with van der Waals surface area (Å²) in [5, 5.41) is 2.73. The molecule has 0 saturated carbocycles. The predicted molar refractivity (Wildman–Crippen MR) is 205 cm³/mol. The maximum Gasteiger partial charge on any atom is 0.168 e. The molecule has 10 atom stereocenters. The van der Waals surface area contributed by atoms with Gasteiger partial charge in [-0.05, 0) is 101 Å². The highest BCUT2D eigenvalue weighted by Gasteiger charge is 2.57. The smallest absolute Gasteiger partial charge is 0.168 e. The summed E-state index contributed by atoms with van der Waals surface area (Å²) in [4.78, 5) is 17.9. The zero-order chi connectivity index (χ0) is 36.7. The van der Waals surface area contributed by atoms with E-state index in [-0.39, 0.29) is 23.7 Å². The van der Waals surface area contributed by atoms with Crippen LogP contribution in [0.25, 0.3) is 21.8 Å². The van der Waals surface area contributed by atoms with Gasteiger partial charge in [-0.25, -0.2) is 0 Å². The fourth-order valence-corrected chi connectivity index (χ4v) is 12.6. The molecule has 3 fully saturated rings. The number of allylic oxidation sites excluding steroid dienone is 1. The molecule has 0 amide bonds. The molecular weight excluding hydrogens is 665 g/mol. The lowest BCUT2D eigenvalue weighted by Crippen LogP contribution is -2.62. The minimum atomic E-state index is -0.707. The number of ether oxygens (including phenoxy) is 4. The molecule has 3 saturated heterocycles. The van der Waals surface area contributed by atoms with Crippen molar-refractivity contribution in [2.24, 2.45) is 43.7 Å². The van der Waals surface area contributed by atoms with Crippen LogP contribution < -0.4 is 4.74 Å². The van der Waals surface area contributed by atoms with E-state index >= 15 is 0 Å². The molecule has 4 bridgehead atoms. The Bertz CT molecular complexity index is 2200. The largest absolute Gasteiger partial charge is 0.500 e. The Hall–Kier alpha value is -3.63. The van der Waals surface area contributed by atoms with Crippen LogP contribution in [0.2, 0.25) is 0 Å². The minimum absolute atomic E-state index is 0.136. The number of rotatable bonds is 5. The summed E-state index contributed by atoms with van der Waals surface area (Å²) in [7, 11) is 12.7. The van der Waals surface area contributed by atoms with Crippen molar-refractivity contribution in [1.82, 2.24) is 18.9 Å². The third-order valence-electron chi connectivity index (χ3n) is 15.4. The van der Waals surface area contributed by atoms with Crippen molar-refractivity contribution >= 4 is 27.6 Å². The van der Waals surface area contributed by atoms with Gasteiger partial charge < -0.3 is 28.1 Å². The number of Topliss-reactive ketones (excluding diaryl/α,β-unsaturated/α-hetero) is 1. The number of piperidine rings is 2. The van der Waals surface area contributed by atoms with E-state index in [1.807, 2.05) is 14.2 Å². The van der Waals surface area contributed by atoms with Crippen molar-refractivity contribution in [2.75, 3.05) is 41.5 Å². The van der Waals surface area contributed by atoms with Crippen molar-refractivity contribution < 1.29 is 23.7 Å². The monoisotopic (exact) mass is 718 g/mol. The van der Waals surface area contributed by atoms with E-state index in [0.29, 0.717) is 49.1 Å². The Morgan fingerprint density at radius 1 is 0.849 bits per heavy atom. The standard InChI is InChI=1S/C44H54N4O5/c1-23(49)31-20-52-21-32-26(31)15-39-43-30(18-36(32)45(39)3)28-13-24(41(50-7)19-38(28)48(43)6)14-34-27-16-40-42-29(25-11-9-10-12-35(25)47(42)5)17-37(46(40)4)33(27)22-53-44(34,2)51-8/h9-13,19-20,26-27,32-34,36-37,39-40H,14-18,21-22H2,1-8H3/t26-,27+,32+,33+,34?,36+,37+,39+,40+,44?/m0/s1. The SMILES string of the molecule is COc1cc2c(cc1CC1[C@@H]3C[C@@H]4c5c(c6ccccc6n5C)C[C@H]([C@@H]3COC1(C)OC)N4C)c1c(n2C)[C@H]2C[C@H]3C(C(C)=O)=COC[C@H]3[C@@H](C1)N2C. The lowest BCUT2D eigenvalue weighted by molar-refractivity contribution is -0.301. The molecule has 0 aliphatic carbocycles. The minimum Gasteiger partial charge on any atom is -0.500 e. The van der Waals surface area contributed by atoms with Gasteiger partial charge in [0.1, 0.15) is 5.75 Å². The number of likely N-dealkylation sites (N-methyl/N-ethyl adjacent to an activating group) is 2. The van der Waals surface area contributed by atoms with Gasteiger partial charge in [0.15, 0.2) is 11.6 Å². The zero-order valence-corrected chi connectivity index (χ0v) is 32.5. The van der Waals surface area contributed by atoms with Gasteiger partial charge in [-0.15, -0.1) is 0 Å². The van der Waals surface area contributed by atoms with Crippen LogP contribution in [0, 0.1) is 29.6 Å². The van der Waals surface area contributed by atoms with Gasteiger partial charge >= 0.3 is 0 Å². The van der Waals surface area contributed by atoms with Crippen molar-refractivity contribution in [3.63, 3.8) is 0 Å². The summed E-state index contributed by atoms with van der Waals surface area (Å²) in [6.07, 6.45) is 6.55. The maximum absolute atomic E-state index is 12.7. The Morgan fingerprint density at radius 2 is 1.53 bits per heavy atom. The Balaban J connectivity index is 1.05. The average Bonchev–Trinajstić information content (AvgIpc) is 3.58. The topological polar surface area (TPSA) is 70.3 Å². The number of carbonyl (C=O) groups excluding carboxylic acids is 1. The molecule has 2 aromatic carbocycles. The van der Waals surface area contributed by atoms with Crippen LogP contribution >= 0.6 is 0 Å². The molecule has 280 valence electrons. The van der Waals surface area contributed by atoms with E-state index < -0.39 is 5.79 Å². The summed E-state index contributed by atoms with van der Waals surface area (Å²) in [6.45, 7) is 5.23. The highest BCUT2D eigenvalue weighted by Crippen LogP contribution is 2.56. The molecule has 0 radical (unpaired) electrons. The number of fused-ring (bicyclic) bond motifs is 16. The molecule has 6 aliphatic rings. The van der Waals surface area contributed by atoms with E-state index in [1.54, 1.807) is 13.2 Å². The first-order chi connectivity index (χ1) is 25.5. The van der Waals surface area contributed by atoms with Crippen molar-refractivity contribution in [1.29, 1.82) is 0 Å². The van der Waals surface area contributed by atoms with Gasteiger partial charge in [-0.2, -0.15) is 0 Å². The molecule has 0 N–H and O–H groups in total. The van der Waals surface area contributed by atoms with Crippen LogP contribution in [0.3, 0.4) is 0 Å². The van der Waals surface area contributed by atoms with E-state index in [1.165, 1.54) is 49.9 Å². The summed E-state index contributed by atoms with van der Waals surface area (Å²) in [5.41, 5.74) is 10.5. The third-order valence-corrected chi connectivity index (χ3v) is 15.4. The summed E-state index contributed by atoms with van der Waals surface area (Å²) >= 11 is 0. The molecule has 2 unspecified atom stereocenters. The maximum atomic E-state index is 12.7. The lowest BCUT2D eigenvalue weighted by atomic mass is 9.62. The quantitative estimate of drug-likeness (QED) is 0.234. The number of aryl methyl sites for hydroxylation is 2. The van der Waals surface area contributed by atoms with Crippen LogP contribution in [0.4, 0.5) is 0 Å². The number of aromatic nitrogens is 2. The molecule has 0 spiro atoms. The number of carbonyl (C=O) groups is 1. The van der Waals surface area contributed by atoms with E-state index in [0.717, 1.165) is 43.4 Å². The predicted octanol–water partition coefficient (Wildman–Crippen LogP) is 6.50. The first kappa shape index (κ1) is 33.9. The fourth-order valence-electron chi connectivity index (χ4n) is 12.6. The van der Waals surface area contributed by atoms with Gasteiger partial charge in [0.2, 0.25) is 0 Å². The molecular formula is C44H54N4O5. The fraction of sp³-hybridized carbons (Fsp3) is 0.568. The van der Waals surface area contributed by atoms with Gasteiger partial charge in [0, 0.05) is 90.4 Å². The number of methoxy groups -OCH3 is 2. The van der Waals surface area contributed by atoms with Crippen LogP contribution in [0.1, 0.15) is 66.9 Å². The van der Waals surface area contributed by atoms with Crippen molar-refractivity contribution in [2.45, 2.75) is 75.9 Å². The van der Waals surface area contributed by atoms with Gasteiger partial charge in [-0.1, -0.05) is 18.2 Å². The van der Waals surface area contributed by atoms with Crippen LogP contribution in [0.5, 0.6) is 5.75 Å². The second-order valence-electron chi connectivity index (χ2n) is 17.3. The molecule has 2 aromatic heterocycles. The van der Waals surface area contributed by atoms with Crippen LogP contribution in [-0.4, -0.2) is 84.1 Å². The van der Waals surface area contributed by atoms with E-state index in [4.69, 9.17) is 18.9 Å². The summed E-state index contributed by atoms with van der Waals surface area (Å²) < 4.78 is 30.3. The number of para-hydroxylation sites is 1. The van der Waals surface area contributed by atoms with E-state index in [2.05, 4.69) is 90.4 Å². The summed E-state index contributed by atoms with van der Waals surface area (Å²) in [6, 6.07) is 15.0.